The molecular formula is C15H14F2N2O3S. The molecule has 0 spiro atoms. The molecule has 0 bridgehead atoms. The van der Waals surface area contributed by atoms with Gasteiger partial charge in [0.1, 0.15) is 11.6 Å². The number of carbonyl (C=O) groups excluding carboxylic acids is 1. The molecule has 5 nitrogen and oxygen atoms in total. The molecule has 0 aromatic heterocycles. The van der Waals surface area contributed by atoms with Crippen LogP contribution in [0.1, 0.15) is 13.3 Å². The molecule has 0 atom stereocenters. The third-order valence-electron chi connectivity index (χ3n) is 2.89. The number of hydrogen-bond donors (Lipinski definition) is 2. The Morgan fingerprint density at radius 3 is 2.04 bits per heavy atom. The lowest BCUT2D eigenvalue weighted by Gasteiger charge is -2.09. The highest BCUT2D eigenvalue weighted by atomic mass is 32.2. The van der Waals surface area contributed by atoms with Gasteiger partial charge in [-0.3, -0.25) is 9.52 Å². The maximum atomic E-state index is 13.1. The standard InChI is InChI=1S/C15H14F2N2O3S/c1-2-15(20)18-12-3-5-13(6-4-12)19-23(21,22)14-8-10(16)7-11(17)9-14/h3-9,19H,2H2,1H3,(H,18,20). The minimum absolute atomic E-state index is 0.173. The van der Waals surface area contributed by atoms with E-state index in [-0.39, 0.29) is 11.6 Å². The smallest absolute Gasteiger partial charge is 0.262 e. The number of rotatable bonds is 5. The van der Waals surface area contributed by atoms with E-state index in [2.05, 4.69) is 10.0 Å². The van der Waals surface area contributed by atoms with E-state index in [1.165, 1.54) is 24.3 Å². The van der Waals surface area contributed by atoms with Gasteiger partial charge in [0.2, 0.25) is 5.91 Å². The van der Waals surface area contributed by atoms with Gasteiger partial charge in [0.05, 0.1) is 4.90 Å². The molecule has 0 saturated carbocycles. The predicted molar refractivity (Wildman–Crippen MR) is 82.5 cm³/mol. The van der Waals surface area contributed by atoms with E-state index in [1.54, 1.807) is 6.92 Å². The number of sulfonamides is 1. The number of halogens is 2. The largest absolute Gasteiger partial charge is 0.326 e. The molecule has 0 aliphatic carbocycles. The topological polar surface area (TPSA) is 75.3 Å². The Hall–Kier alpha value is -2.48. The molecule has 2 aromatic rings. The predicted octanol–water partition coefficient (Wildman–Crippen LogP) is 3.11. The summed E-state index contributed by atoms with van der Waals surface area (Å²) in [6, 6.07) is 7.92. The average molecular weight is 340 g/mol. The Balaban J connectivity index is 2.19. The molecular weight excluding hydrogens is 326 g/mol. The van der Waals surface area contributed by atoms with Crippen LogP contribution in [0, 0.1) is 11.6 Å². The van der Waals surface area contributed by atoms with Gasteiger partial charge >= 0.3 is 0 Å². The first-order valence-corrected chi connectivity index (χ1v) is 8.17. The molecule has 0 unspecified atom stereocenters. The lowest BCUT2D eigenvalue weighted by atomic mass is 10.3. The highest BCUT2D eigenvalue weighted by Crippen LogP contribution is 2.20. The van der Waals surface area contributed by atoms with Crippen molar-refractivity contribution in [3.8, 4) is 0 Å². The molecule has 2 N–H and O–H groups in total. The van der Waals surface area contributed by atoms with Crippen molar-refractivity contribution < 1.29 is 22.0 Å². The molecule has 0 aliphatic heterocycles. The summed E-state index contributed by atoms with van der Waals surface area (Å²) >= 11 is 0. The van der Waals surface area contributed by atoms with Gasteiger partial charge in [-0.05, 0) is 36.4 Å². The number of nitrogens with one attached hydrogen (secondary N) is 2. The summed E-state index contributed by atoms with van der Waals surface area (Å²) in [7, 11) is -4.12. The van der Waals surface area contributed by atoms with Crippen LogP contribution in [0.3, 0.4) is 0 Å². The van der Waals surface area contributed by atoms with Crippen LogP contribution in [0.2, 0.25) is 0 Å². The zero-order valence-electron chi connectivity index (χ0n) is 12.1. The van der Waals surface area contributed by atoms with Crippen LogP contribution in [0.25, 0.3) is 0 Å². The normalized spacial score (nSPS) is 11.1. The summed E-state index contributed by atoms with van der Waals surface area (Å²) in [5.41, 5.74) is 0.709. The minimum Gasteiger partial charge on any atom is -0.326 e. The summed E-state index contributed by atoms with van der Waals surface area (Å²) in [6.07, 6.45) is 0.319. The SMILES string of the molecule is CCC(=O)Nc1ccc(NS(=O)(=O)c2cc(F)cc(F)c2)cc1. The van der Waals surface area contributed by atoms with Crippen molar-refractivity contribution >= 4 is 27.3 Å². The van der Waals surface area contributed by atoms with Crippen molar-refractivity contribution in [1.82, 2.24) is 0 Å². The van der Waals surface area contributed by atoms with Crippen molar-refractivity contribution in [2.24, 2.45) is 0 Å². The third-order valence-corrected chi connectivity index (χ3v) is 4.25. The molecule has 0 radical (unpaired) electrons. The van der Waals surface area contributed by atoms with E-state index >= 15 is 0 Å². The second-order valence-electron chi connectivity index (χ2n) is 4.69. The second-order valence-corrected chi connectivity index (χ2v) is 6.37. The van der Waals surface area contributed by atoms with Gasteiger partial charge in [0, 0.05) is 23.9 Å². The summed E-state index contributed by atoms with van der Waals surface area (Å²) in [5, 5.41) is 2.61. The highest BCUT2D eigenvalue weighted by Gasteiger charge is 2.16. The van der Waals surface area contributed by atoms with E-state index in [1.807, 2.05) is 0 Å². The van der Waals surface area contributed by atoms with E-state index in [0.717, 1.165) is 12.1 Å². The van der Waals surface area contributed by atoms with Crippen molar-refractivity contribution in [3.05, 3.63) is 54.1 Å². The number of amides is 1. The molecule has 0 aliphatic rings. The van der Waals surface area contributed by atoms with E-state index < -0.39 is 26.6 Å². The molecule has 2 aromatic carbocycles. The summed E-state index contributed by atoms with van der Waals surface area (Å²) < 4.78 is 52.7. The number of benzene rings is 2. The van der Waals surface area contributed by atoms with Crippen LogP contribution in [0.5, 0.6) is 0 Å². The number of anilines is 2. The van der Waals surface area contributed by atoms with Crippen LogP contribution in [-0.4, -0.2) is 14.3 Å². The van der Waals surface area contributed by atoms with Gasteiger partial charge in [-0.25, -0.2) is 17.2 Å². The molecule has 8 heteroatoms. The van der Waals surface area contributed by atoms with Gasteiger partial charge < -0.3 is 5.32 Å². The van der Waals surface area contributed by atoms with E-state index in [0.29, 0.717) is 18.2 Å². The average Bonchev–Trinajstić information content (AvgIpc) is 2.48. The van der Waals surface area contributed by atoms with Gasteiger partial charge in [-0.1, -0.05) is 6.92 Å². The molecule has 0 heterocycles. The molecule has 0 saturated heterocycles. The maximum absolute atomic E-state index is 13.1. The first kappa shape index (κ1) is 16.9. The van der Waals surface area contributed by atoms with Crippen LogP contribution in [-0.2, 0) is 14.8 Å². The fourth-order valence-electron chi connectivity index (χ4n) is 1.77. The summed E-state index contributed by atoms with van der Waals surface area (Å²) in [6.45, 7) is 1.70. The van der Waals surface area contributed by atoms with Crippen LogP contribution in [0.4, 0.5) is 20.2 Å². The van der Waals surface area contributed by atoms with E-state index in [4.69, 9.17) is 0 Å². The Bertz CT molecular complexity index is 801. The van der Waals surface area contributed by atoms with Crippen molar-refractivity contribution in [2.75, 3.05) is 10.0 Å². The molecule has 2 rings (SSSR count). The lowest BCUT2D eigenvalue weighted by Crippen LogP contribution is -2.14. The van der Waals surface area contributed by atoms with Gasteiger partial charge in [0.25, 0.3) is 10.0 Å². The Morgan fingerprint density at radius 1 is 1.00 bits per heavy atom. The zero-order valence-corrected chi connectivity index (χ0v) is 13.0. The fraction of sp³-hybridized carbons (Fsp3) is 0.133. The first-order valence-electron chi connectivity index (χ1n) is 6.69. The zero-order chi connectivity index (χ0) is 17.0. The van der Waals surface area contributed by atoms with Gasteiger partial charge in [-0.2, -0.15) is 0 Å². The fourth-order valence-corrected chi connectivity index (χ4v) is 2.87. The maximum Gasteiger partial charge on any atom is 0.262 e. The molecule has 0 fully saturated rings. The monoisotopic (exact) mass is 340 g/mol. The minimum atomic E-state index is -4.12. The number of hydrogen-bond acceptors (Lipinski definition) is 3. The lowest BCUT2D eigenvalue weighted by molar-refractivity contribution is -0.115. The van der Waals surface area contributed by atoms with Crippen LogP contribution >= 0.6 is 0 Å². The van der Waals surface area contributed by atoms with Gasteiger partial charge in [-0.15, -0.1) is 0 Å². The summed E-state index contributed by atoms with van der Waals surface area (Å²) in [5.74, 6) is -2.14. The molecule has 122 valence electrons. The number of carbonyl (C=O) groups is 1. The molecule has 1 amide bonds. The summed E-state index contributed by atoms with van der Waals surface area (Å²) in [4.78, 5) is 10.7. The first-order chi connectivity index (χ1) is 10.8. The quantitative estimate of drug-likeness (QED) is 0.878. The Morgan fingerprint density at radius 2 is 1.52 bits per heavy atom. The highest BCUT2D eigenvalue weighted by molar-refractivity contribution is 7.92. The van der Waals surface area contributed by atoms with Crippen LogP contribution in [0.15, 0.2) is 47.4 Å². The third kappa shape index (κ3) is 4.49. The second kappa shape index (κ2) is 6.74. The van der Waals surface area contributed by atoms with Crippen molar-refractivity contribution in [2.45, 2.75) is 18.2 Å². The molecule has 23 heavy (non-hydrogen) atoms. The Kier molecular flexibility index (Phi) is 4.95. The van der Waals surface area contributed by atoms with Gasteiger partial charge in [0.15, 0.2) is 0 Å². The van der Waals surface area contributed by atoms with Crippen LogP contribution < -0.4 is 10.0 Å². The Labute approximate surface area is 132 Å². The van der Waals surface area contributed by atoms with Crippen molar-refractivity contribution in [3.63, 3.8) is 0 Å². The van der Waals surface area contributed by atoms with E-state index in [9.17, 15) is 22.0 Å². The van der Waals surface area contributed by atoms with Crippen molar-refractivity contribution in [1.29, 1.82) is 0 Å².